The van der Waals surface area contributed by atoms with Crippen molar-refractivity contribution in [2.45, 2.75) is 32.9 Å². The van der Waals surface area contributed by atoms with Crippen LogP contribution in [-0.2, 0) is 9.53 Å². The molecule has 1 amide bonds. The molecule has 0 spiro atoms. The third-order valence-corrected chi connectivity index (χ3v) is 4.41. The Morgan fingerprint density at radius 3 is 2.41 bits per heavy atom. The quantitative estimate of drug-likeness (QED) is 0.681. The second-order valence-electron chi connectivity index (χ2n) is 6.38. The molecule has 1 heterocycles. The van der Waals surface area contributed by atoms with Gasteiger partial charge in [0.2, 0.25) is 5.76 Å². The second-order valence-corrected chi connectivity index (χ2v) is 6.38. The van der Waals surface area contributed by atoms with Crippen LogP contribution in [0, 0.1) is 12.7 Å². The SMILES string of the molecule is Cc1c(C(=O)O[C@H](C)C(=O)N[C@@H](C)c2ccc(F)cc2)oc2ccccc12. The number of esters is 1. The third-order valence-electron chi connectivity index (χ3n) is 4.41. The first kappa shape index (κ1) is 18.6. The lowest BCUT2D eigenvalue weighted by Gasteiger charge is -2.18. The van der Waals surface area contributed by atoms with E-state index in [0.29, 0.717) is 11.1 Å². The van der Waals surface area contributed by atoms with E-state index in [2.05, 4.69) is 5.32 Å². The van der Waals surface area contributed by atoms with Crippen molar-refractivity contribution in [2.24, 2.45) is 0 Å². The molecule has 0 aliphatic heterocycles. The Hall–Kier alpha value is -3.15. The standard InChI is InChI=1S/C21H20FNO4/c1-12-17-6-4-5-7-18(17)27-19(12)21(25)26-14(3)20(24)23-13(2)15-8-10-16(22)11-9-15/h4-11,13-14H,1-3H3,(H,23,24)/t13-,14+/m0/s1. The van der Waals surface area contributed by atoms with Crippen LogP contribution in [0.1, 0.15) is 41.6 Å². The van der Waals surface area contributed by atoms with Gasteiger partial charge in [-0.25, -0.2) is 9.18 Å². The van der Waals surface area contributed by atoms with Crippen molar-refractivity contribution >= 4 is 22.8 Å². The van der Waals surface area contributed by atoms with Gasteiger partial charge in [0.05, 0.1) is 6.04 Å². The summed E-state index contributed by atoms with van der Waals surface area (Å²) in [6, 6.07) is 12.8. The predicted octanol–water partition coefficient (Wildman–Crippen LogP) is 4.30. The number of benzene rings is 2. The highest BCUT2D eigenvalue weighted by atomic mass is 19.1. The number of furan rings is 1. The zero-order valence-electron chi connectivity index (χ0n) is 15.3. The first-order valence-corrected chi connectivity index (χ1v) is 8.61. The normalized spacial score (nSPS) is 13.2. The van der Waals surface area contributed by atoms with E-state index in [-0.39, 0.29) is 17.6 Å². The molecule has 1 aromatic heterocycles. The van der Waals surface area contributed by atoms with Crippen molar-refractivity contribution in [1.82, 2.24) is 5.32 Å². The van der Waals surface area contributed by atoms with Crippen LogP contribution in [0.5, 0.6) is 0 Å². The predicted molar refractivity (Wildman–Crippen MR) is 98.8 cm³/mol. The fourth-order valence-corrected chi connectivity index (χ4v) is 2.80. The Morgan fingerprint density at radius 1 is 1.07 bits per heavy atom. The number of fused-ring (bicyclic) bond motifs is 1. The molecule has 5 nitrogen and oxygen atoms in total. The molecule has 2 aromatic carbocycles. The third kappa shape index (κ3) is 4.00. The molecule has 0 aliphatic rings. The highest BCUT2D eigenvalue weighted by Crippen LogP contribution is 2.25. The van der Waals surface area contributed by atoms with E-state index in [0.717, 1.165) is 10.9 Å². The van der Waals surface area contributed by atoms with Gasteiger partial charge in [-0.05, 0) is 44.5 Å². The second kappa shape index (κ2) is 7.61. The van der Waals surface area contributed by atoms with Crippen LogP contribution >= 0.6 is 0 Å². The van der Waals surface area contributed by atoms with E-state index in [1.54, 1.807) is 32.0 Å². The number of carbonyl (C=O) groups excluding carboxylic acids is 2. The maximum Gasteiger partial charge on any atom is 0.375 e. The minimum atomic E-state index is -1.01. The van der Waals surface area contributed by atoms with Crippen molar-refractivity contribution in [1.29, 1.82) is 0 Å². The van der Waals surface area contributed by atoms with Crippen molar-refractivity contribution < 1.29 is 23.1 Å². The highest BCUT2D eigenvalue weighted by molar-refractivity contribution is 5.97. The number of nitrogens with one attached hydrogen (secondary N) is 1. The van der Waals surface area contributed by atoms with Crippen LogP contribution in [0.4, 0.5) is 4.39 Å². The van der Waals surface area contributed by atoms with Crippen molar-refractivity contribution in [3.63, 3.8) is 0 Å². The smallest absolute Gasteiger partial charge is 0.375 e. The van der Waals surface area contributed by atoms with Crippen LogP contribution in [0.25, 0.3) is 11.0 Å². The van der Waals surface area contributed by atoms with Gasteiger partial charge in [-0.2, -0.15) is 0 Å². The molecule has 0 aliphatic carbocycles. The summed E-state index contributed by atoms with van der Waals surface area (Å²) < 4.78 is 23.8. The molecular weight excluding hydrogens is 349 g/mol. The monoisotopic (exact) mass is 369 g/mol. The van der Waals surface area contributed by atoms with Crippen molar-refractivity contribution in [3.8, 4) is 0 Å². The maximum absolute atomic E-state index is 13.0. The summed E-state index contributed by atoms with van der Waals surface area (Å²) in [6.07, 6.45) is -1.01. The minimum absolute atomic E-state index is 0.0856. The summed E-state index contributed by atoms with van der Waals surface area (Å²) in [5.41, 5.74) is 2.00. The number of hydrogen-bond acceptors (Lipinski definition) is 4. The molecule has 3 aromatic rings. The molecule has 6 heteroatoms. The van der Waals surface area contributed by atoms with Gasteiger partial charge >= 0.3 is 5.97 Å². The molecule has 2 atom stereocenters. The molecule has 0 saturated heterocycles. The minimum Gasteiger partial charge on any atom is -0.449 e. The van der Waals surface area contributed by atoms with Crippen LogP contribution < -0.4 is 5.32 Å². The number of halogens is 1. The molecule has 0 fully saturated rings. The first-order valence-electron chi connectivity index (χ1n) is 8.61. The molecule has 0 radical (unpaired) electrons. The molecule has 140 valence electrons. The summed E-state index contributed by atoms with van der Waals surface area (Å²) in [5, 5.41) is 3.57. The van der Waals surface area contributed by atoms with Crippen molar-refractivity contribution in [3.05, 3.63) is 71.2 Å². The number of amides is 1. The number of ether oxygens (including phenoxy) is 1. The lowest BCUT2D eigenvalue weighted by Crippen LogP contribution is -2.37. The summed E-state index contributed by atoms with van der Waals surface area (Å²) >= 11 is 0. The molecule has 0 unspecified atom stereocenters. The number of rotatable bonds is 5. The highest BCUT2D eigenvalue weighted by Gasteiger charge is 2.25. The number of hydrogen-bond donors (Lipinski definition) is 1. The van der Waals surface area contributed by atoms with Gasteiger partial charge in [-0.1, -0.05) is 30.3 Å². The lowest BCUT2D eigenvalue weighted by atomic mass is 10.1. The molecular formula is C21H20FNO4. The number of carbonyl (C=O) groups is 2. The Morgan fingerprint density at radius 2 is 1.74 bits per heavy atom. The summed E-state index contributed by atoms with van der Waals surface area (Å²) in [7, 11) is 0. The van der Waals surface area contributed by atoms with E-state index in [9.17, 15) is 14.0 Å². The van der Waals surface area contributed by atoms with Gasteiger partial charge < -0.3 is 14.5 Å². The van der Waals surface area contributed by atoms with Gasteiger partial charge in [0, 0.05) is 10.9 Å². The topological polar surface area (TPSA) is 68.5 Å². The van der Waals surface area contributed by atoms with Gasteiger partial charge in [0.1, 0.15) is 11.4 Å². The van der Waals surface area contributed by atoms with Crippen molar-refractivity contribution in [2.75, 3.05) is 0 Å². The zero-order chi connectivity index (χ0) is 19.6. The average molecular weight is 369 g/mol. The van der Waals surface area contributed by atoms with Crippen LogP contribution in [0.2, 0.25) is 0 Å². The summed E-state index contributed by atoms with van der Waals surface area (Å²) in [5.74, 6) is -1.40. The van der Waals surface area contributed by atoms with E-state index >= 15 is 0 Å². The van der Waals surface area contributed by atoms with Gasteiger partial charge in [-0.15, -0.1) is 0 Å². The Bertz CT molecular complexity index is 978. The molecule has 0 bridgehead atoms. The summed E-state index contributed by atoms with van der Waals surface area (Å²) in [4.78, 5) is 24.7. The van der Waals surface area contributed by atoms with Crippen LogP contribution in [-0.4, -0.2) is 18.0 Å². The van der Waals surface area contributed by atoms with E-state index in [4.69, 9.17) is 9.15 Å². The molecule has 3 rings (SSSR count). The largest absolute Gasteiger partial charge is 0.449 e. The van der Waals surface area contributed by atoms with E-state index in [1.807, 2.05) is 18.2 Å². The molecule has 0 saturated carbocycles. The molecule has 1 N–H and O–H groups in total. The Kier molecular flexibility index (Phi) is 5.26. The fourth-order valence-electron chi connectivity index (χ4n) is 2.80. The fraction of sp³-hybridized carbons (Fsp3) is 0.238. The number of aryl methyl sites for hydroxylation is 1. The van der Waals surface area contributed by atoms with E-state index < -0.39 is 18.0 Å². The van der Waals surface area contributed by atoms with Gasteiger partial charge in [0.15, 0.2) is 6.10 Å². The Balaban J connectivity index is 1.65. The average Bonchev–Trinajstić information content (AvgIpc) is 2.99. The van der Waals surface area contributed by atoms with Gasteiger partial charge in [-0.3, -0.25) is 4.79 Å². The van der Waals surface area contributed by atoms with E-state index in [1.165, 1.54) is 19.1 Å². The Labute approximate surface area is 156 Å². The molecule has 27 heavy (non-hydrogen) atoms. The first-order chi connectivity index (χ1) is 12.9. The zero-order valence-corrected chi connectivity index (χ0v) is 15.3. The lowest BCUT2D eigenvalue weighted by molar-refractivity contribution is -0.129. The maximum atomic E-state index is 13.0. The van der Waals surface area contributed by atoms with Gasteiger partial charge in [0.25, 0.3) is 5.91 Å². The van der Waals surface area contributed by atoms with Crippen LogP contribution in [0.15, 0.2) is 52.9 Å². The summed E-state index contributed by atoms with van der Waals surface area (Å²) in [6.45, 7) is 5.02. The van der Waals surface area contributed by atoms with Crippen LogP contribution in [0.3, 0.4) is 0 Å². The number of para-hydroxylation sites is 1.